The van der Waals surface area contributed by atoms with Gasteiger partial charge in [0.25, 0.3) is 0 Å². The first kappa shape index (κ1) is 22.9. The van der Waals surface area contributed by atoms with Crippen LogP contribution in [-0.4, -0.2) is 24.9 Å². The standard InChI is InChI=1S/C27H30N2O4S/c1-17-5-9-23(18(2)13-17)25(24-10-6-19(3)33-24)28-26(30)27(11-12-27)22-8-7-20-15-29(34(4,31)32)16-21(20)14-22/h5-10,13-14,25H,11-12,15-16H2,1-4H3,(H,28,30). The average molecular weight is 479 g/mol. The first-order valence-electron chi connectivity index (χ1n) is 11.6. The van der Waals surface area contributed by atoms with Gasteiger partial charge in [-0.3, -0.25) is 4.79 Å². The molecule has 6 nitrogen and oxygen atoms in total. The molecule has 1 aliphatic carbocycles. The van der Waals surface area contributed by atoms with Crippen molar-refractivity contribution in [2.24, 2.45) is 0 Å². The summed E-state index contributed by atoms with van der Waals surface area (Å²) in [5.74, 6) is 1.49. The van der Waals surface area contributed by atoms with Gasteiger partial charge in [0.1, 0.15) is 17.6 Å². The predicted octanol–water partition coefficient (Wildman–Crippen LogP) is 4.42. The van der Waals surface area contributed by atoms with Gasteiger partial charge in [0.05, 0.1) is 11.7 Å². The van der Waals surface area contributed by atoms with Crippen molar-refractivity contribution in [3.63, 3.8) is 0 Å². The summed E-state index contributed by atoms with van der Waals surface area (Å²) < 4.78 is 31.4. The molecule has 1 fully saturated rings. The number of hydrogen-bond acceptors (Lipinski definition) is 4. The molecule has 0 spiro atoms. The Bertz CT molecular complexity index is 1390. The monoisotopic (exact) mass is 478 g/mol. The smallest absolute Gasteiger partial charge is 0.231 e. The highest BCUT2D eigenvalue weighted by molar-refractivity contribution is 7.88. The van der Waals surface area contributed by atoms with Gasteiger partial charge in [-0.1, -0.05) is 42.0 Å². The molecular weight excluding hydrogens is 448 g/mol. The van der Waals surface area contributed by atoms with Crippen LogP contribution in [0.5, 0.6) is 0 Å². The third-order valence-corrected chi connectivity index (χ3v) is 8.36. The number of amides is 1. The number of furan rings is 1. The molecule has 0 bridgehead atoms. The van der Waals surface area contributed by atoms with E-state index in [1.807, 2.05) is 37.3 Å². The highest BCUT2D eigenvalue weighted by atomic mass is 32.2. The van der Waals surface area contributed by atoms with Gasteiger partial charge in [0, 0.05) is 13.1 Å². The van der Waals surface area contributed by atoms with Crippen LogP contribution in [-0.2, 0) is 33.3 Å². The Morgan fingerprint density at radius 2 is 1.74 bits per heavy atom. The van der Waals surface area contributed by atoms with Crippen LogP contribution in [0.3, 0.4) is 0 Å². The molecule has 0 radical (unpaired) electrons. The molecule has 0 saturated heterocycles. The van der Waals surface area contributed by atoms with E-state index in [9.17, 15) is 13.2 Å². The number of nitrogens with zero attached hydrogens (tertiary/aromatic N) is 1. The quantitative estimate of drug-likeness (QED) is 0.569. The first-order chi connectivity index (χ1) is 16.1. The molecule has 1 aromatic heterocycles. The SMILES string of the molecule is Cc1ccc(C(NC(=O)C2(c3ccc4c(c3)CN(S(C)(=O)=O)C4)CC2)c2ccc(C)o2)c(C)c1. The van der Waals surface area contributed by atoms with E-state index in [1.165, 1.54) is 16.1 Å². The van der Waals surface area contributed by atoms with Crippen molar-refractivity contribution in [1.29, 1.82) is 0 Å². The largest absolute Gasteiger partial charge is 0.464 e. The van der Waals surface area contributed by atoms with Gasteiger partial charge >= 0.3 is 0 Å². The van der Waals surface area contributed by atoms with Gasteiger partial charge in [0.15, 0.2) is 0 Å². The maximum atomic E-state index is 13.7. The number of carbonyl (C=O) groups is 1. The van der Waals surface area contributed by atoms with Gasteiger partial charge in [-0.25, -0.2) is 8.42 Å². The van der Waals surface area contributed by atoms with Crippen LogP contribution in [0.15, 0.2) is 52.9 Å². The lowest BCUT2D eigenvalue weighted by atomic mass is 9.90. The number of sulfonamides is 1. The van der Waals surface area contributed by atoms with Crippen LogP contribution < -0.4 is 5.32 Å². The summed E-state index contributed by atoms with van der Waals surface area (Å²) >= 11 is 0. The maximum Gasteiger partial charge on any atom is 0.231 e. The molecule has 1 unspecified atom stereocenters. The number of nitrogens with one attached hydrogen (secondary N) is 1. The van der Waals surface area contributed by atoms with Crippen LogP contribution in [0.25, 0.3) is 0 Å². The summed E-state index contributed by atoms with van der Waals surface area (Å²) in [5.41, 5.74) is 5.63. The van der Waals surface area contributed by atoms with Crippen molar-refractivity contribution in [3.05, 3.63) is 93.4 Å². The Kier molecular flexibility index (Phi) is 5.45. The van der Waals surface area contributed by atoms with Gasteiger partial charge in [0.2, 0.25) is 15.9 Å². The number of aryl methyl sites for hydroxylation is 3. The van der Waals surface area contributed by atoms with Crippen molar-refractivity contribution >= 4 is 15.9 Å². The van der Waals surface area contributed by atoms with E-state index >= 15 is 0 Å². The van der Waals surface area contributed by atoms with Gasteiger partial charge in [-0.2, -0.15) is 4.31 Å². The highest BCUT2D eigenvalue weighted by Crippen LogP contribution is 2.50. The van der Waals surface area contributed by atoms with Crippen LogP contribution in [0, 0.1) is 20.8 Å². The fourth-order valence-corrected chi connectivity index (χ4v) is 5.74. The number of hydrogen-bond donors (Lipinski definition) is 1. The molecule has 5 rings (SSSR count). The molecule has 7 heteroatoms. The Balaban J connectivity index is 1.45. The van der Waals surface area contributed by atoms with E-state index in [0.29, 0.717) is 18.8 Å². The van der Waals surface area contributed by atoms with Gasteiger partial charge in [-0.15, -0.1) is 0 Å². The third kappa shape index (κ3) is 4.07. The maximum absolute atomic E-state index is 13.7. The number of rotatable bonds is 6. The second kappa shape index (κ2) is 8.10. The van der Waals surface area contributed by atoms with Crippen molar-refractivity contribution < 1.29 is 17.6 Å². The zero-order valence-electron chi connectivity index (χ0n) is 20.0. The number of carbonyl (C=O) groups excluding carboxylic acids is 1. The first-order valence-corrected chi connectivity index (χ1v) is 13.4. The lowest BCUT2D eigenvalue weighted by molar-refractivity contribution is -0.124. The molecule has 1 aliphatic heterocycles. The van der Waals surface area contributed by atoms with Crippen molar-refractivity contribution in [2.75, 3.05) is 6.26 Å². The minimum Gasteiger partial charge on any atom is -0.464 e. The third-order valence-electron chi connectivity index (χ3n) is 7.16. The number of fused-ring (bicyclic) bond motifs is 1. The van der Waals surface area contributed by atoms with E-state index < -0.39 is 15.4 Å². The second-order valence-corrected chi connectivity index (χ2v) is 11.8. The Hall–Kier alpha value is -2.90. The van der Waals surface area contributed by atoms with Crippen LogP contribution in [0.2, 0.25) is 0 Å². The molecule has 178 valence electrons. The Morgan fingerprint density at radius 1 is 1.00 bits per heavy atom. The van der Waals surface area contributed by atoms with E-state index in [0.717, 1.165) is 46.4 Å². The molecular formula is C27H30N2O4S. The minimum absolute atomic E-state index is 0.0237. The summed E-state index contributed by atoms with van der Waals surface area (Å²) in [5, 5.41) is 3.29. The molecule has 2 aromatic carbocycles. The minimum atomic E-state index is -3.26. The molecule has 3 aromatic rings. The summed E-state index contributed by atoms with van der Waals surface area (Å²) in [7, 11) is -3.26. The topological polar surface area (TPSA) is 79.6 Å². The molecule has 1 N–H and O–H groups in total. The fourth-order valence-electron chi connectivity index (χ4n) is 5.00. The zero-order chi connectivity index (χ0) is 24.3. The summed E-state index contributed by atoms with van der Waals surface area (Å²) in [6, 6.07) is 15.7. The van der Waals surface area contributed by atoms with Gasteiger partial charge in [-0.05, 0) is 73.6 Å². The second-order valence-electron chi connectivity index (χ2n) is 9.81. The Labute approximate surface area is 201 Å². The number of benzene rings is 2. The van der Waals surface area contributed by atoms with Crippen LogP contribution in [0.4, 0.5) is 0 Å². The normalized spacial score (nSPS) is 17.9. The van der Waals surface area contributed by atoms with Crippen molar-refractivity contribution in [2.45, 2.75) is 58.2 Å². The molecule has 2 aliphatic rings. The van der Waals surface area contributed by atoms with E-state index in [4.69, 9.17) is 4.42 Å². The zero-order valence-corrected chi connectivity index (χ0v) is 20.8. The predicted molar refractivity (Wildman–Crippen MR) is 131 cm³/mol. The summed E-state index contributed by atoms with van der Waals surface area (Å²) in [4.78, 5) is 13.7. The lowest BCUT2D eigenvalue weighted by Gasteiger charge is -2.24. The molecule has 1 saturated carbocycles. The van der Waals surface area contributed by atoms with Crippen molar-refractivity contribution in [3.8, 4) is 0 Å². The van der Waals surface area contributed by atoms with Crippen LogP contribution in [0.1, 0.15) is 63.8 Å². The lowest BCUT2D eigenvalue weighted by Crippen LogP contribution is -2.38. The average Bonchev–Trinajstić information content (AvgIpc) is 3.27. The van der Waals surface area contributed by atoms with Crippen LogP contribution >= 0.6 is 0 Å². The van der Waals surface area contributed by atoms with E-state index in [1.54, 1.807) is 0 Å². The molecule has 1 amide bonds. The summed E-state index contributed by atoms with van der Waals surface area (Å²) in [6.45, 7) is 6.76. The molecule has 34 heavy (non-hydrogen) atoms. The molecule has 2 heterocycles. The van der Waals surface area contributed by atoms with E-state index in [2.05, 4.69) is 37.4 Å². The van der Waals surface area contributed by atoms with Gasteiger partial charge < -0.3 is 9.73 Å². The fraction of sp³-hybridized carbons (Fsp3) is 0.370. The van der Waals surface area contributed by atoms with E-state index in [-0.39, 0.29) is 11.9 Å². The summed E-state index contributed by atoms with van der Waals surface area (Å²) in [6.07, 6.45) is 2.77. The highest BCUT2D eigenvalue weighted by Gasteiger charge is 2.52. The van der Waals surface area contributed by atoms with Crippen molar-refractivity contribution in [1.82, 2.24) is 9.62 Å². The molecule has 1 atom stereocenters. The Morgan fingerprint density at radius 3 is 2.35 bits per heavy atom.